The standard InChI is InChI=1S/C11H11F4NO2/c1-10(18,11(13,14)15)6-9(17)16-8-4-2-7(12)3-5-8/h2-5,18H,6H2,1H3,(H,16,17)/t10-/m0/s1. The van der Waals surface area contributed by atoms with Crippen LogP contribution >= 0.6 is 0 Å². The SMILES string of the molecule is C[C@](O)(CC(=O)Nc1ccc(F)cc1)C(F)(F)F. The van der Waals surface area contributed by atoms with Gasteiger partial charge in [0.25, 0.3) is 0 Å². The number of halogens is 4. The van der Waals surface area contributed by atoms with Gasteiger partial charge in [-0.2, -0.15) is 13.2 Å². The smallest absolute Gasteiger partial charge is 0.380 e. The molecule has 7 heteroatoms. The molecule has 0 aliphatic rings. The highest BCUT2D eigenvalue weighted by Crippen LogP contribution is 2.32. The molecular weight excluding hydrogens is 254 g/mol. The third-order valence-corrected chi connectivity index (χ3v) is 2.24. The number of carbonyl (C=O) groups is 1. The van der Waals surface area contributed by atoms with Crippen LogP contribution < -0.4 is 5.32 Å². The molecule has 1 atom stereocenters. The van der Waals surface area contributed by atoms with Crippen molar-refractivity contribution in [2.24, 2.45) is 0 Å². The van der Waals surface area contributed by atoms with Gasteiger partial charge in [-0.3, -0.25) is 4.79 Å². The van der Waals surface area contributed by atoms with Gasteiger partial charge in [0.15, 0.2) is 5.60 Å². The Morgan fingerprint density at radius 2 is 1.78 bits per heavy atom. The first-order chi connectivity index (χ1) is 8.12. The monoisotopic (exact) mass is 265 g/mol. The second-order valence-corrected chi connectivity index (χ2v) is 4.00. The average molecular weight is 265 g/mol. The number of alkyl halides is 3. The lowest BCUT2D eigenvalue weighted by Crippen LogP contribution is -2.44. The Balaban J connectivity index is 2.65. The van der Waals surface area contributed by atoms with Crippen molar-refractivity contribution in [1.82, 2.24) is 0 Å². The van der Waals surface area contributed by atoms with E-state index < -0.39 is 29.9 Å². The minimum absolute atomic E-state index is 0.152. The normalized spacial score (nSPS) is 15.0. The van der Waals surface area contributed by atoms with Gasteiger partial charge in [-0.1, -0.05) is 0 Å². The van der Waals surface area contributed by atoms with Crippen molar-refractivity contribution in [2.75, 3.05) is 5.32 Å². The lowest BCUT2D eigenvalue weighted by molar-refractivity contribution is -0.252. The van der Waals surface area contributed by atoms with Gasteiger partial charge in [0.1, 0.15) is 5.82 Å². The number of aliphatic hydroxyl groups is 1. The summed E-state index contributed by atoms with van der Waals surface area (Å²) < 4.78 is 49.5. The molecule has 0 aliphatic carbocycles. The van der Waals surface area contributed by atoms with Gasteiger partial charge in [0.05, 0.1) is 6.42 Å². The van der Waals surface area contributed by atoms with E-state index in [0.717, 1.165) is 12.1 Å². The summed E-state index contributed by atoms with van der Waals surface area (Å²) in [5, 5.41) is 11.2. The maximum Gasteiger partial charge on any atom is 0.417 e. The van der Waals surface area contributed by atoms with E-state index >= 15 is 0 Å². The summed E-state index contributed by atoms with van der Waals surface area (Å²) in [6.07, 6.45) is -6.03. The summed E-state index contributed by atoms with van der Waals surface area (Å²) in [7, 11) is 0. The molecule has 0 radical (unpaired) electrons. The number of anilines is 1. The summed E-state index contributed by atoms with van der Waals surface area (Å²) >= 11 is 0. The van der Waals surface area contributed by atoms with Crippen molar-refractivity contribution in [2.45, 2.75) is 25.1 Å². The molecule has 0 aliphatic heterocycles. The highest BCUT2D eigenvalue weighted by molar-refractivity contribution is 5.91. The molecule has 18 heavy (non-hydrogen) atoms. The Hall–Kier alpha value is -1.63. The Morgan fingerprint density at radius 1 is 1.28 bits per heavy atom. The fourth-order valence-corrected chi connectivity index (χ4v) is 1.15. The summed E-state index contributed by atoms with van der Waals surface area (Å²) in [5.41, 5.74) is -2.95. The summed E-state index contributed by atoms with van der Waals surface area (Å²) in [6, 6.07) is 4.51. The van der Waals surface area contributed by atoms with Crippen LogP contribution in [0.5, 0.6) is 0 Å². The number of nitrogens with one attached hydrogen (secondary N) is 1. The maximum absolute atomic E-state index is 12.6. The van der Waals surface area contributed by atoms with E-state index in [1.54, 1.807) is 0 Å². The number of rotatable bonds is 3. The lowest BCUT2D eigenvalue weighted by Gasteiger charge is -2.25. The topological polar surface area (TPSA) is 49.3 Å². The predicted molar refractivity (Wildman–Crippen MR) is 56.3 cm³/mol. The molecule has 1 aromatic carbocycles. The number of amides is 1. The molecule has 0 fully saturated rings. The van der Waals surface area contributed by atoms with Crippen molar-refractivity contribution < 1.29 is 27.5 Å². The van der Waals surface area contributed by atoms with Crippen molar-refractivity contribution >= 4 is 11.6 Å². The van der Waals surface area contributed by atoms with Gasteiger partial charge < -0.3 is 10.4 Å². The fraction of sp³-hybridized carbons (Fsp3) is 0.364. The molecule has 2 N–H and O–H groups in total. The third kappa shape index (κ3) is 3.69. The molecule has 3 nitrogen and oxygen atoms in total. The van der Waals surface area contributed by atoms with E-state index in [-0.39, 0.29) is 5.69 Å². The van der Waals surface area contributed by atoms with Crippen LogP contribution in [0.25, 0.3) is 0 Å². The highest BCUT2D eigenvalue weighted by Gasteiger charge is 2.50. The zero-order chi connectivity index (χ0) is 14.0. The minimum Gasteiger partial charge on any atom is -0.380 e. The average Bonchev–Trinajstić information content (AvgIpc) is 2.19. The first kappa shape index (κ1) is 14.4. The summed E-state index contributed by atoms with van der Waals surface area (Å²) in [5.74, 6) is -1.54. The van der Waals surface area contributed by atoms with Crippen molar-refractivity contribution in [3.63, 3.8) is 0 Å². The number of benzene rings is 1. The highest BCUT2D eigenvalue weighted by atomic mass is 19.4. The summed E-state index contributed by atoms with van der Waals surface area (Å²) in [4.78, 5) is 11.3. The molecule has 0 spiro atoms. The molecule has 0 unspecified atom stereocenters. The fourth-order valence-electron chi connectivity index (χ4n) is 1.15. The van der Waals surface area contributed by atoms with Gasteiger partial charge >= 0.3 is 6.18 Å². The molecule has 0 saturated carbocycles. The molecule has 1 amide bonds. The molecule has 0 heterocycles. The zero-order valence-electron chi connectivity index (χ0n) is 9.38. The molecule has 0 saturated heterocycles. The Morgan fingerprint density at radius 3 is 2.22 bits per heavy atom. The van der Waals surface area contributed by atoms with Gasteiger partial charge in [0, 0.05) is 5.69 Å². The van der Waals surface area contributed by atoms with Gasteiger partial charge in [-0.15, -0.1) is 0 Å². The number of hydrogen-bond acceptors (Lipinski definition) is 2. The van der Waals surface area contributed by atoms with Crippen LogP contribution in [-0.4, -0.2) is 22.8 Å². The molecule has 100 valence electrons. The predicted octanol–water partition coefficient (Wildman–Crippen LogP) is 2.47. The molecule has 1 aromatic rings. The van der Waals surface area contributed by atoms with E-state index in [1.807, 2.05) is 0 Å². The molecule has 1 rings (SSSR count). The van der Waals surface area contributed by atoms with E-state index in [4.69, 9.17) is 5.11 Å². The Bertz CT molecular complexity index is 426. The lowest BCUT2D eigenvalue weighted by atomic mass is 10.0. The molecule has 0 aromatic heterocycles. The van der Waals surface area contributed by atoms with Crippen LogP contribution in [-0.2, 0) is 4.79 Å². The van der Waals surface area contributed by atoms with Crippen LogP contribution in [0.2, 0.25) is 0 Å². The van der Waals surface area contributed by atoms with E-state index in [9.17, 15) is 22.4 Å². The zero-order valence-corrected chi connectivity index (χ0v) is 9.38. The quantitative estimate of drug-likeness (QED) is 0.825. The molecular formula is C11H11F4NO2. The van der Waals surface area contributed by atoms with E-state index in [0.29, 0.717) is 6.92 Å². The first-order valence-corrected chi connectivity index (χ1v) is 4.96. The van der Waals surface area contributed by atoms with Crippen molar-refractivity contribution in [3.8, 4) is 0 Å². The number of carbonyl (C=O) groups excluding carboxylic acids is 1. The van der Waals surface area contributed by atoms with Crippen molar-refractivity contribution in [1.29, 1.82) is 0 Å². The van der Waals surface area contributed by atoms with E-state index in [2.05, 4.69) is 5.32 Å². The van der Waals surface area contributed by atoms with Crippen LogP contribution in [0.4, 0.5) is 23.2 Å². The number of hydrogen-bond donors (Lipinski definition) is 2. The first-order valence-electron chi connectivity index (χ1n) is 4.96. The third-order valence-electron chi connectivity index (χ3n) is 2.24. The molecule has 0 bridgehead atoms. The van der Waals surface area contributed by atoms with Crippen LogP contribution in [0.15, 0.2) is 24.3 Å². The van der Waals surface area contributed by atoms with E-state index in [1.165, 1.54) is 12.1 Å². The Kier molecular flexibility index (Phi) is 3.95. The van der Waals surface area contributed by atoms with Crippen LogP contribution in [0.1, 0.15) is 13.3 Å². The maximum atomic E-state index is 12.6. The second-order valence-electron chi connectivity index (χ2n) is 4.00. The van der Waals surface area contributed by atoms with Gasteiger partial charge in [-0.05, 0) is 31.2 Å². The van der Waals surface area contributed by atoms with Crippen molar-refractivity contribution in [3.05, 3.63) is 30.1 Å². The van der Waals surface area contributed by atoms with Crippen LogP contribution in [0.3, 0.4) is 0 Å². The van der Waals surface area contributed by atoms with Crippen LogP contribution in [0, 0.1) is 5.82 Å². The largest absolute Gasteiger partial charge is 0.417 e. The minimum atomic E-state index is -4.90. The second kappa shape index (κ2) is 4.93. The van der Waals surface area contributed by atoms with Gasteiger partial charge in [0.2, 0.25) is 5.91 Å². The summed E-state index contributed by atoms with van der Waals surface area (Å²) in [6.45, 7) is 0.511. The Labute approximate surface area is 100 Å². The van der Waals surface area contributed by atoms with Gasteiger partial charge in [-0.25, -0.2) is 4.39 Å².